The summed E-state index contributed by atoms with van der Waals surface area (Å²) in [7, 11) is 0. The molecule has 78 valence electrons. The van der Waals surface area contributed by atoms with Gasteiger partial charge in [0, 0.05) is 5.56 Å². The number of thiophene rings is 1. The first kappa shape index (κ1) is 10.2. The maximum atomic E-state index is 2.55. The fraction of sp³-hybridized carbons (Fsp3) is 0.667. The van der Waals surface area contributed by atoms with Crippen molar-refractivity contribution in [1.29, 1.82) is 0 Å². The van der Waals surface area contributed by atoms with E-state index in [4.69, 9.17) is 0 Å². The van der Waals surface area contributed by atoms with Crippen LogP contribution in [0.5, 0.6) is 0 Å². The van der Waals surface area contributed by atoms with Crippen LogP contribution in [-0.2, 0) is 6.54 Å². The summed E-state index contributed by atoms with van der Waals surface area (Å²) < 4.78 is 0. The van der Waals surface area contributed by atoms with E-state index in [2.05, 4.69) is 22.1 Å². The highest BCUT2D eigenvalue weighted by Crippen LogP contribution is 2.15. The highest BCUT2D eigenvalue weighted by molar-refractivity contribution is 7.07. The molecular weight excluding hydrogens is 190 g/mol. The molecular formula is C12H20NS+. The van der Waals surface area contributed by atoms with E-state index in [9.17, 15) is 0 Å². The SMILES string of the molecule is c1cc(C[NH2+]C2CCCCCC2)cs1. The van der Waals surface area contributed by atoms with E-state index in [1.807, 2.05) is 11.3 Å². The lowest BCUT2D eigenvalue weighted by atomic mass is 10.1. The van der Waals surface area contributed by atoms with E-state index in [0.29, 0.717) is 0 Å². The highest BCUT2D eigenvalue weighted by atomic mass is 32.1. The Balaban J connectivity index is 1.73. The lowest BCUT2D eigenvalue weighted by Crippen LogP contribution is -2.88. The van der Waals surface area contributed by atoms with Crippen molar-refractivity contribution in [2.45, 2.75) is 51.1 Å². The molecule has 2 N–H and O–H groups in total. The van der Waals surface area contributed by atoms with Crippen LogP contribution in [-0.4, -0.2) is 6.04 Å². The largest absolute Gasteiger partial charge is 0.340 e. The monoisotopic (exact) mass is 210 g/mol. The standard InChI is InChI=1S/C12H19NS/c1-2-4-6-12(5-3-1)13-9-11-7-8-14-10-11/h7-8,10,12-13H,1-6,9H2/p+1. The van der Waals surface area contributed by atoms with Crippen LogP contribution in [0.15, 0.2) is 16.8 Å². The van der Waals surface area contributed by atoms with Gasteiger partial charge < -0.3 is 5.32 Å². The molecule has 0 spiro atoms. The predicted molar refractivity (Wildman–Crippen MR) is 61.4 cm³/mol. The van der Waals surface area contributed by atoms with Crippen LogP contribution in [0.4, 0.5) is 0 Å². The summed E-state index contributed by atoms with van der Waals surface area (Å²) in [5, 5.41) is 7.00. The molecule has 0 aromatic carbocycles. The molecule has 0 unspecified atom stereocenters. The molecule has 1 heterocycles. The van der Waals surface area contributed by atoms with Crippen LogP contribution in [0, 0.1) is 0 Å². The number of hydrogen-bond acceptors (Lipinski definition) is 1. The van der Waals surface area contributed by atoms with E-state index in [-0.39, 0.29) is 0 Å². The lowest BCUT2D eigenvalue weighted by Gasteiger charge is -2.11. The first-order chi connectivity index (χ1) is 6.95. The molecule has 0 amide bonds. The minimum atomic E-state index is 0.900. The normalized spacial score (nSPS) is 19.4. The molecule has 1 aliphatic carbocycles. The van der Waals surface area contributed by atoms with Crippen molar-refractivity contribution < 1.29 is 5.32 Å². The summed E-state index contributed by atoms with van der Waals surface area (Å²) in [6.07, 6.45) is 8.69. The van der Waals surface area contributed by atoms with E-state index < -0.39 is 0 Å². The molecule has 2 heteroatoms. The van der Waals surface area contributed by atoms with Crippen LogP contribution in [0.25, 0.3) is 0 Å². The Kier molecular flexibility index (Phi) is 4.02. The molecule has 1 fully saturated rings. The molecule has 0 aliphatic heterocycles. The molecule has 0 atom stereocenters. The summed E-state index contributed by atoms with van der Waals surface area (Å²) in [5.74, 6) is 0. The average molecular weight is 210 g/mol. The third-order valence-corrected chi connectivity index (χ3v) is 3.90. The minimum absolute atomic E-state index is 0.900. The van der Waals surface area contributed by atoms with Crippen molar-refractivity contribution in [3.8, 4) is 0 Å². The van der Waals surface area contributed by atoms with Crippen molar-refractivity contribution in [3.05, 3.63) is 22.4 Å². The molecule has 0 bridgehead atoms. The zero-order valence-corrected chi connectivity index (χ0v) is 9.56. The van der Waals surface area contributed by atoms with Gasteiger partial charge in [-0.3, -0.25) is 0 Å². The van der Waals surface area contributed by atoms with Gasteiger partial charge in [-0.2, -0.15) is 11.3 Å². The smallest absolute Gasteiger partial charge is 0.102 e. The molecule has 1 aromatic rings. The van der Waals surface area contributed by atoms with E-state index in [0.717, 1.165) is 6.04 Å². The summed E-state index contributed by atoms with van der Waals surface area (Å²) in [6.45, 7) is 1.19. The van der Waals surface area contributed by atoms with E-state index in [1.165, 1.54) is 50.6 Å². The van der Waals surface area contributed by atoms with Crippen LogP contribution in [0.1, 0.15) is 44.1 Å². The Bertz CT molecular complexity index is 235. The second kappa shape index (κ2) is 5.52. The van der Waals surface area contributed by atoms with Crippen molar-refractivity contribution in [3.63, 3.8) is 0 Å². The fourth-order valence-corrected chi connectivity index (χ4v) is 2.94. The van der Waals surface area contributed by atoms with Crippen LogP contribution in [0.3, 0.4) is 0 Å². The van der Waals surface area contributed by atoms with Gasteiger partial charge in [-0.05, 0) is 42.5 Å². The van der Waals surface area contributed by atoms with Crippen molar-refractivity contribution in [1.82, 2.24) is 0 Å². The molecule has 1 aliphatic rings. The summed E-state index contributed by atoms with van der Waals surface area (Å²) in [5.41, 5.74) is 1.50. The van der Waals surface area contributed by atoms with Gasteiger partial charge in [0.2, 0.25) is 0 Å². The number of hydrogen-bond donors (Lipinski definition) is 1. The number of nitrogens with two attached hydrogens (primary N) is 1. The Morgan fingerprint density at radius 2 is 2.00 bits per heavy atom. The average Bonchev–Trinajstić information content (AvgIpc) is 2.58. The molecule has 0 saturated heterocycles. The summed E-state index contributed by atoms with van der Waals surface area (Å²) in [4.78, 5) is 0. The number of quaternary nitrogens is 1. The molecule has 1 nitrogen and oxygen atoms in total. The summed E-state index contributed by atoms with van der Waals surface area (Å²) >= 11 is 1.81. The zero-order valence-electron chi connectivity index (χ0n) is 8.74. The van der Waals surface area contributed by atoms with Crippen LogP contribution < -0.4 is 5.32 Å². The summed E-state index contributed by atoms with van der Waals surface area (Å²) in [6, 6.07) is 3.15. The van der Waals surface area contributed by atoms with Gasteiger partial charge in [-0.25, -0.2) is 0 Å². The minimum Gasteiger partial charge on any atom is -0.340 e. The van der Waals surface area contributed by atoms with Crippen molar-refractivity contribution >= 4 is 11.3 Å². The predicted octanol–water partition coefficient (Wildman–Crippen LogP) is 2.53. The van der Waals surface area contributed by atoms with Gasteiger partial charge in [0.1, 0.15) is 6.54 Å². The first-order valence-electron chi connectivity index (χ1n) is 5.79. The Morgan fingerprint density at radius 1 is 1.21 bits per heavy atom. The first-order valence-corrected chi connectivity index (χ1v) is 6.74. The van der Waals surface area contributed by atoms with Gasteiger partial charge in [-0.1, -0.05) is 12.8 Å². The van der Waals surface area contributed by atoms with Crippen molar-refractivity contribution in [2.24, 2.45) is 0 Å². The highest BCUT2D eigenvalue weighted by Gasteiger charge is 2.14. The van der Waals surface area contributed by atoms with Gasteiger partial charge >= 0.3 is 0 Å². The van der Waals surface area contributed by atoms with Crippen LogP contribution >= 0.6 is 11.3 Å². The zero-order chi connectivity index (χ0) is 9.64. The topological polar surface area (TPSA) is 16.6 Å². The van der Waals surface area contributed by atoms with Crippen molar-refractivity contribution in [2.75, 3.05) is 0 Å². The quantitative estimate of drug-likeness (QED) is 0.738. The van der Waals surface area contributed by atoms with Gasteiger partial charge in [0.25, 0.3) is 0 Å². The number of rotatable bonds is 3. The maximum absolute atomic E-state index is 2.55. The Morgan fingerprint density at radius 3 is 2.64 bits per heavy atom. The second-order valence-electron chi connectivity index (χ2n) is 4.32. The van der Waals surface area contributed by atoms with E-state index >= 15 is 0 Å². The molecule has 2 rings (SSSR count). The van der Waals surface area contributed by atoms with Crippen LogP contribution in [0.2, 0.25) is 0 Å². The Labute approximate surface area is 90.5 Å². The second-order valence-corrected chi connectivity index (χ2v) is 5.10. The molecule has 0 radical (unpaired) electrons. The van der Waals surface area contributed by atoms with Gasteiger partial charge in [0.05, 0.1) is 6.04 Å². The third-order valence-electron chi connectivity index (χ3n) is 3.17. The van der Waals surface area contributed by atoms with Gasteiger partial charge in [-0.15, -0.1) is 0 Å². The maximum Gasteiger partial charge on any atom is 0.102 e. The Hall–Kier alpha value is -0.340. The van der Waals surface area contributed by atoms with E-state index in [1.54, 1.807) is 0 Å². The fourth-order valence-electron chi connectivity index (χ4n) is 2.26. The molecule has 14 heavy (non-hydrogen) atoms. The molecule has 1 saturated carbocycles. The third kappa shape index (κ3) is 3.10. The van der Waals surface area contributed by atoms with Gasteiger partial charge in [0.15, 0.2) is 0 Å². The lowest BCUT2D eigenvalue weighted by molar-refractivity contribution is -0.705. The molecule has 1 aromatic heterocycles.